The van der Waals surface area contributed by atoms with Gasteiger partial charge in [0.1, 0.15) is 6.04 Å². The third-order valence-corrected chi connectivity index (χ3v) is 3.54. The molecular weight excluding hydrogens is 248 g/mol. The molecular formula is C9H18N2O5S. The van der Waals surface area contributed by atoms with E-state index in [1.54, 1.807) is 0 Å². The summed E-state index contributed by atoms with van der Waals surface area (Å²) in [5.41, 5.74) is 4.88. The van der Waals surface area contributed by atoms with Crippen LogP contribution in [0.2, 0.25) is 0 Å². The summed E-state index contributed by atoms with van der Waals surface area (Å²) >= 11 is 0. The molecule has 4 N–H and O–H groups in total. The molecule has 0 bridgehead atoms. The van der Waals surface area contributed by atoms with Crippen LogP contribution in [-0.2, 0) is 19.6 Å². The zero-order valence-electron chi connectivity index (χ0n) is 9.68. The van der Waals surface area contributed by atoms with Gasteiger partial charge >= 0.3 is 5.97 Å². The van der Waals surface area contributed by atoms with E-state index in [0.717, 1.165) is 0 Å². The fourth-order valence-electron chi connectivity index (χ4n) is 1.13. The van der Waals surface area contributed by atoms with E-state index in [1.807, 2.05) is 11.6 Å². The van der Waals surface area contributed by atoms with Crippen molar-refractivity contribution in [2.75, 3.05) is 5.75 Å². The van der Waals surface area contributed by atoms with Crippen LogP contribution in [0.3, 0.4) is 0 Å². The number of aliphatic carboxylic acids is 1. The highest BCUT2D eigenvalue weighted by Gasteiger charge is 2.23. The van der Waals surface area contributed by atoms with Gasteiger partial charge in [-0.1, -0.05) is 13.3 Å². The summed E-state index contributed by atoms with van der Waals surface area (Å²) in [4.78, 5) is 21.3. The molecule has 8 heteroatoms. The summed E-state index contributed by atoms with van der Waals surface area (Å²) in [6, 6.07) is -1.30. The largest absolute Gasteiger partial charge is 0.480 e. The van der Waals surface area contributed by atoms with Crippen LogP contribution in [0, 0.1) is 0 Å². The first-order chi connectivity index (χ1) is 7.78. The second-order valence-corrected chi connectivity index (χ2v) is 5.56. The lowest BCUT2D eigenvalue weighted by molar-refractivity contribution is -0.139. The smallest absolute Gasteiger partial charge is 0.321 e. The highest BCUT2D eigenvalue weighted by Crippen LogP contribution is 2.02. The number of rotatable bonds is 9. The average Bonchev–Trinajstić information content (AvgIpc) is 2.20. The number of amides is 1. The van der Waals surface area contributed by atoms with Gasteiger partial charge in [-0.05, 0) is 12.8 Å². The van der Waals surface area contributed by atoms with Crippen LogP contribution in [0.1, 0.15) is 32.6 Å². The van der Waals surface area contributed by atoms with E-state index in [2.05, 4.69) is 0 Å². The monoisotopic (exact) mass is 266 g/mol. The molecule has 0 fully saturated rings. The van der Waals surface area contributed by atoms with E-state index in [9.17, 15) is 18.0 Å². The van der Waals surface area contributed by atoms with Crippen LogP contribution in [0.5, 0.6) is 0 Å². The molecule has 0 aliphatic rings. The lowest BCUT2D eigenvalue weighted by Gasteiger charge is -2.13. The van der Waals surface area contributed by atoms with Crippen LogP contribution in [0.25, 0.3) is 0 Å². The third kappa shape index (κ3) is 7.70. The first-order valence-corrected chi connectivity index (χ1v) is 6.95. The SMILES string of the molecule is CCCCS(=O)(=O)NC(CCC(N)=O)C(=O)O. The normalized spacial score (nSPS) is 13.2. The van der Waals surface area contributed by atoms with Crippen molar-refractivity contribution in [2.45, 2.75) is 38.6 Å². The van der Waals surface area contributed by atoms with Gasteiger partial charge < -0.3 is 10.8 Å². The van der Waals surface area contributed by atoms with Crippen molar-refractivity contribution in [3.05, 3.63) is 0 Å². The van der Waals surface area contributed by atoms with Gasteiger partial charge in [-0.25, -0.2) is 13.1 Å². The van der Waals surface area contributed by atoms with Crippen LogP contribution in [0.15, 0.2) is 0 Å². The molecule has 0 aromatic rings. The molecule has 1 atom stereocenters. The fourth-order valence-corrected chi connectivity index (χ4v) is 2.57. The van der Waals surface area contributed by atoms with Crippen molar-refractivity contribution in [3.63, 3.8) is 0 Å². The zero-order valence-corrected chi connectivity index (χ0v) is 10.5. The van der Waals surface area contributed by atoms with E-state index in [-0.39, 0.29) is 18.6 Å². The van der Waals surface area contributed by atoms with E-state index in [0.29, 0.717) is 12.8 Å². The van der Waals surface area contributed by atoms with Crippen molar-refractivity contribution in [1.29, 1.82) is 0 Å². The van der Waals surface area contributed by atoms with Gasteiger partial charge in [0, 0.05) is 6.42 Å². The third-order valence-electron chi connectivity index (χ3n) is 2.07. The number of carboxylic acids is 1. The molecule has 0 saturated heterocycles. The highest BCUT2D eigenvalue weighted by molar-refractivity contribution is 7.89. The van der Waals surface area contributed by atoms with Gasteiger partial charge in [-0.15, -0.1) is 0 Å². The quantitative estimate of drug-likeness (QED) is 0.515. The molecule has 0 aromatic carbocycles. The summed E-state index contributed by atoms with van der Waals surface area (Å²) in [5, 5.41) is 8.80. The Kier molecular flexibility index (Phi) is 6.74. The number of nitrogens with two attached hydrogens (primary N) is 1. The number of nitrogens with one attached hydrogen (secondary N) is 1. The highest BCUT2D eigenvalue weighted by atomic mass is 32.2. The second kappa shape index (κ2) is 7.23. The number of hydrogen-bond acceptors (Lipinski definition) is 4. The van der Waals surface area contributed by atoms with Crippen LogP contribution >= 0.6 is 0 Å². The molecule has 1 unspecified atom stereocenters. The Balaban J connectivity index is 4.43. The molecule has 0 spiro atoms. The van der Waals surface area contributed by atoms with Crippen molar-refractivity contribution >= 4 is 21.9 Å². The Labute approximate surface area is 100 Å². The maximum atomic E-state index is 11.5. The van der Waals surface area contributed by atoms with Gasteiger partial charge in [0.25, 0.3) is 0 Å². The summed E-state index contributed by atoms with van der Waals surface area (Å²) in [7, 11) is -3.62. The Morgan fingerprint density at radius 2 is 2.00 bits per heavy atom. The maximum Gasteiger partial charge on any atom is 0.321 e. The number of sulfonamides is 1. The first kappa shape index (κ1) is 15.9. The van der Waals surface area contributed by atoms with E-state index in [4.69, 9.17) is 10.8 Å². The molecule has 0 heterocycles. The molecule has 0 aliphatic carbocycles. The zero-order chi connectivity index (χ0) is 13.5. The van der Waals surface area contributed by atoms with Gasteiger partial charge in [0.2, 0.25) is 15.9 Å². The van der Waals surface area contributed by atoms with Gasteiger partial charge in [-0.3, -0.25) is 9.59 Å². The molecule has 1 amide bonds. The first-order valence-electron chi connectivity index (χ1n) is 5.29. The van der Waals surface area contributed by atoms with Crippen molar-refractivity contribution in [1.82, 2.24) is 4.72 Å². The molecule has 0 aliphatic heterocycles. The van der Waals surface area contributed by atoms with Gasteiger partial charge in [0.05, 0.1) is 5.75 Å². The number of carbonyl (C=O) groups is 2. The minimum Gasteiger partial charge on any atom is -0.480 e. The lowest BCUT2D eigenvalue weighted by Crippen LogP contribution is -2.42. The summed E-state index contributed by atoms with van der Waals surface area (Å²) in [6.45, 7) is 1.83. The predicted octanol–water partition coefficient (Wildman–Crippen LogP) is -0.575. The summed E-state index contributed by atoms with van der Waals surface area (Å²) in [6.07, 6.45) is 0.834. The van der Waals surface area contributed by atoms with Crippen molar-refractivity contribution in [3.8, 4) is 0 Å². The minimum absolute atomic E-state index is 0.121. The molecule has 0 rings (SSSR count). The van der Waals surface area contributed by atoms with E-state index >= 15 is 0 Å². The summed E-state index contributed by atoms with van der Waals surface area (Å²) in [5.74, 6) is -2.10. The Morgan fingerprint density at radius 1 is 1.41 bits per heavy atom. The van der Waals surface area contributed by atoms with E-state index < -0.39 is 27.9 Å². The van der Waals surface area contributed by atoms with Gasteiger partial charge in [0.15, 0.2) is 0 Å². The van der Waals surface area contributed by atoms with E-state index in [1.165, 1.54) is 0 Å². The van der Waals surface area contributed by atoms with Crippen molar-refractivity contribution < 1.29 is 23.1 Å². The summed E-state index contributed by atoms with van der Waals surface area (Å²) < 4.78 is 25.0. The number of primary amides is 1. The van der Waals surface area contributed by atoms with Crippen LogP contribution in [-0.4, -0.2) is 37.2 Å². The lowest BCUT2D eigenvalue weighted by atomic mass is 10.2. The standard InChI is InChI=1S/C9H18N2O5S/c1-2-3-6-17(15,16)11-7(9(13)14)4-5-8(10)12/h7,11H,2-6H2,1H3,(H2,10,12)(H,13,14). The van der Waals surface area contributed by atoms with Crippen LogP contribution < -0.4 is 10.5 Å². The number of hydrogen-bond donors (Lipinski definition) is 3. The number of carboxylic acid groups (broad SMARTS) is 1. The molecule has 0 radical (unpaired) electrons. The maximum absolute atomic E-state index is 11.5. The average molecular weight is 266 g/mol. The molecule has 7 nitrogen and oxygen atoms in total. The Morgan fingerprint density at radius 3 is 2.41 bits per heavy atom. The predicted molar refractivity (Wildman–Crippen MR) is 61.7 cm³/mol. The molecule has 0 aromatic heterocycles. The fraction of sp³-hybridized carbons (Fsp3) is 0.778. The minimum atomic E-state index is -3.62. The number of unbranched alkanes of at least 4 members (excludes halogenated alkanes) is 1. The Bertz CT molecular complexity index is 366. The molecule has 17 heavy (non-hydrogen) atoms. The van der Waals surface area contributed by atoms with Crippen molar-refractivity contribution in [2.24, 2.45) is 5.73 Å². The molecule has 100 valence electrons. The van der Waals surface area contributed by atoms with Crippen LogP contribution in [0.4, 0.5) is 0 Å². The second-order valence-electron chi connectivity index (χ2n) is 3.69. The Hall–Kier alpha value is -1.15. The topological polar surface area (TPSA) is 127 Å². The van der Waals surface area contributed by atoms with Gasteiger partial charge in [-0.2, -0.15) is 0 Å². The number of carbonyl (C=O) groups excluding carboxylic acids is 1. The molecule has 0 saturated carbocycles.